The Morgan fingerprint density at radius 1 is 1.10 bits per heavy atom. The molecule has 2 aliphatic carbocycles. The van der Waals surface area contributed by atoms with E-state index in [2.05, 4.69) is 16.2 Å². The second kappa shape index (κ2) is 13.2. The Labute approximate surface area is 292 Å². The standard InChI is InChI=1S/C38H38F3N7O3/c1-45(2)23-30-22-43-35(51-30)25-13-16-37(17-14-25)20-27(37)9-12-32(49)33-34(31-15-18-44-47(31)28-10-7-24(21-42)8-11-28)46(3)48(36(33)50)29-6-4-5-26(19-29)38(39,40)41/h4-8,10-11,15,18-19,22,25,27H,9,12-14,16-17,20,23H2,1-3H3/t25?,27-,37?/m0/s1. The number of nitriles is 1. The van der Waals surface area contributed by atoms with Crippen molar-refractivity contribution in [3.05, 3.63) is 106 Å². The van der Waals surface area contributed by atoms with E-state index in [1.807, 2.05) is 19.0 Å². The van der Waals surface area contributed by atoms with E-state index in [9.17, 15) is 28.0 Å². The minimum absolute atomic E-state index is 0.0140. The fourth-order valence-electron chi connectivity index (χ4n) is 7.84. The molecule has 3 heterocycles. The summed E-state index contributed by atoms with van der Waals surface area (Å²) in [4.78, 5) is 34.9. The summed E-state index contributed by atoms with van der Waals surface area (Å²) in [6, 6.07) is 14.9. The summed E-state index contributed by atoms with van der Waals surface area (Å²) in [6.45, 7) is 0.700. The fraction of sp³-hybridized carbons (Fsp3) is 0.395. The third-order valence-corrected chi connectivity index (χ3v) is 10.5. The highest BCUT2D eigenvalue weighted by Gasteiger charge is 2.54. The number of nitrogens with zero attached hydrogens (tertiary/aromatic N) is 7. The van der Waals surface area contributed by atoms with E-state index < -0.39 is 17.3 Å². The van der Waals surface area contributed by atoms with Gasteiger partial charge in [0.1, 0.15) is 11.3 Å². The second-order valence-electron chi connectivity index (χ2n) is 14.1. The predicted molar refractivity (Wildman–Crippen MR) is 182 cm³/mol. The van der Waals surface area contributed by atoms with Crippen LogP contribution in [0.3, 0.4) is 0 Å². The summed E-state index contributed by atoms with van der Waals surface area (Å²) < 4.78 is 51.3. The molecule has 51 heavy (non-hydrogen) atoms. The minimum Gasteiger partial charge on any atom is -0.444 e. The Hall–Kier alpha value is -5.22. The molecule has 0 radical (unpaired) electrons. The first-order chi connectivity index (χ1) is 24.4. The lowest BCUT2D eigenvalue weighted by Gasteiger charge is -2.28. The number of Topliss-reactive ketones (excluding diaryl/α,β-unsaturated/α-hetero) is 1. The normalized spacial score (nSPS) is 20.2. The van der Waals surface area contributed by atoms with Crippen LogP contribution >= 0.6 is 0 Å². The number of hydrogen-bond acceptors (Lipinski definition) is 7. The number of benzene rings is 2. The largest absolute Gasteiger partial charge is 0.444 e. The molecular formula is C38H38F3N7O3. The number of halogens is 3. The number of carbonyl (C=O) groups is 1. The van der Waals surface area contributed by atoms with E-state index in [1.54, 1.807) is 48.3 Å². The van der Waals surface area contributed by atoms with E-state index in [4.69, 9.17) is 4.42 Å². The summed E-state index contributed by atoms with van der Waals surface area (Å²) in [6.07, 6.45) is 4.45. The van der Waals surface area contributed by atoms with Gasteiger partial charge in [0, 0.05) is 19.4 Å². The lowest BCUT2D eigenvalue weighted by atomic mass is 9.78. The van der Waals surface area contributed by atoms with Gasteiger partial charge in [0.25, 0.3) is 5.56 Å². The quantitative estimate of drug-likeness (QED) is 0.141. The van der Waals surface area contributed by atoms with Crippen LogP contribution in [0.2, 0.25) is 0 Å². The molecule has 5 aromatic rings. The molecule has 2 aromatic carbocycles. The molecule has 0 amide bonds. The maximum atomic E-state index is 14.2. The molecule has 0 unspecified atom stereocenters. The molecule has 1 spiro atoms. The van der Waals surface area contributed by atoms with Gasteiger partial charge in [0.05, 0.1) is 58.9 Å². The zero-order valence-electron chi connectivity index (χ0n) is 28.7. The first-order valence-corrected chi connectivity index (χ1v) is 17.1. The van der Waals surface area contributed by atoms with Crippen molar-refractivity contribution < 1.29 is 22.4 Å². The van der Waals surface area contributed by atoms with E-state index in [-0.39, 0.29) is 40.5 Å². The van der Waals surface area contributed by atoms with E-state index in [0.717, 1.165) is 60.6 Å². The summed E-state index contributed by atoms with van der Waals surface area (Å²) in [5, 5.41) is 13.7. The molecule has 0 saturated heterocycles. The van der Waals surface area contributed by atoms with E-state index in [0.29, 0.717) is 35.8 Å². The van der Waals surface area contributed by atoms with E-state index >= 15 is 0 Å². The lowest BCUT2D eigenvalue weighted by molar-refractivity contribution is -0.137. The molecule has 264 valence electrons. The Kier molecular flexibility index (Phi) is 8.83. The summed E-state index contributed by atoms with van der Waals surface area (Å²) in [5.74, 6) is 1.90. The van der Waals surface area contributed by atoms with Crippen molar-refractivity contribution in [1.82, 2.24) is 29.0 Å². The number of aromatic nitrogens is 5. The van der Waals surface area contributed by atoms with Crippen molar-refractivity contribution in [3.63, 3.8) is 0 Å². The predicted octanol–water partition coefficient (Wildman–Crippen LogP) is 7.30. The molecule has 2 saturated carbocycles. The average Bonchev–Trinajstić information content (AvgIpc) is 3.44. The molecule has 0 aliphatic heterocycles. The van der Waals surface area contributed by atoms with Crippen LogP contribution in [0.25, 0.3) is 22.8 Å². The van der Waals surface area contributed by atoms with E-state index in [1.165, 1.54) is 23.0 Å². The maximum absolute atomic E-state index is 14.2. The van der Waals surface area contributed by atoms with Crippen LogP contribution in [-0.4, -0.2) is 48.9 Å². The monoisotopic (exact) mass is 697 g/mol. The molecule has 2 fully saturated rings. The Morgan fingerprint density at radius 3 is 2.53 bits per heavy atom. The van der Waals surface area contributed by atoms with Crippen LogP contribution in [-0.2, 0) is 19.8 Å². The molecule has 10 nitrogen and oxygen atoms in total. The van der Waals surface area contributed by atoms with Gasteiger partial charge < -0.3 is 9.32 Å². The molecule has 0 N–H and O–H groups in total. The minimum atomic E-state index is -4.62. The van der Waals surface area contributed by atoms with Gasteiger partial charge in [0.15, 0.2) is 11.7 Å². The van der Waals surface area contributed by atoms with Crippen molar-refractivity contribution in [3.8, 4) is 28.8 Å². The highest BCUT2D eigenvalue weighted by Crippen LogP contribution is 2.64. The highest BCUT2D eigenvalue weighted by atomic mass is 19.4. The van der Waals surface area contributed by atoms with Gasteiger partial charge in [-0.05, 0) is 112 Å². The number of rotatable bonds is 10. The molecule has 1 atom stereocenters. The van der Waals surface area contributed by atoms with Crippen LogP contribution in [0.1, 0.15) is 84.0 Å². The van der Waals surface area contributed by atoms with Crippen molar-refractivity contribution in [1.29, 1.82) is 5.26 Å². The van der Waals surface area contributed by atoms with Crippen LogP contribution in [0.5, 0.6) is 0 Å². The van der Waals surface area contributed by atoms with Gasteiger partial charge in [0.2, 0.25) is 0 Å². The van der Waals surface area contributed by atoms with Gasteiger partial charge in [-0.25, -0.2) is 14.3 Å². The average molecular weight is 698 g/mol. The van der Waals surface area contributed by atoms with Gasteiger partial charge in [-0.2, -0.15) is 23.5 Å². The zero-order chi connectivity index (χ0) is 36.1. The summed E-state index contributed by atoms with van der Waals surface area (Å²) >= 11 is 0. The number of hydrogen-bond donors (Lipinski definition) is 0. The van der Waals surface area contributed by atoms with Crippen LogP contribution in [0.15, 0.2) is 76.2 Å². The number of oxazole rings is 1. The molecule has 7 rings (SSSR count). The number of alkyl halides is 3. The molecule has 2 aliphatic rings. The van der Waals surface area contributed by atoms with Crippen LogP contribution in [0, 0.1) is 22.7 Å². The number of ketones is 1. The molecular weight excluding hydrogens is 659 g/mol. The Morgan fingerprint density at radius 2 is 1.84 bits per heavy atom. The van der Waals surface area contributed by atoms with Crippen LogP contribution < -0.4 is 5.56 Å². The first-order valence-electron chi connectivity index (χ1n) is 17.1. The van der Waals surface area contributed by atoms with Crippen molar-refractivity contribution in [2.75, 3.05) is 14.1 Å². The fourth-order valence-corrected chi connectivity index (χ4v) is 7.84. The molecule has 3 aromatic heterocycles. The van der Waals surface area contributed by atoms with Crippen LogP contribution in [0.4, 0.5) is 13.2 Å². The van der Waals surface area contributed by atoms with Crippen molar-refractivity contribution >= 4 is 5.78 Å². The highest BCUT2D eigenvalue weighted by molar-refractivity contribution is 6.01. The molecule has 13 heteroatoms. The third kappa shape index (κ3) is 6.56. The van der Waals surface area contributed by atoms with Gasteiger partial charge >= 0.3 is 6.18 Å². The third-order valence-electron chi connectivity index (χ3n) is 10.5. The summed E-state index contributed by atoms with van der Waals surface area (Å²) in [5.41, 5.74) is 0.142. The summed E-state index contributed by atoms with van der Waals surface area (Å²) in [7, 11) is 5.53. The Balaban J connectivity index is 1.15. The SMILES string of the molecule is CN(C)Cc1cnc(C2CCC3(CC2)C[C@@H]3CCC(=O)c2c(-c3ccnn3-c3ccc(C#N)cc3)n(C)n(-c3cccc(C(F)(F)F)c3)c2=O)o1. The topological polar surface area (TPSA) is 115 Å². The van der Waals surface area contributed by atoms with Crippen molar-refractivity contribution in [2.24, 2.45) is 18.4 Å². The maximum Gasteiger partial charge on any atom is 0.416 e. The van der Waals surface area contributed by atoms with Gasteiger partial charge in [-0.15, -0.1) is 0 Å². The first kappa shape index (κ1) is 34.2. The van der Waals surface area contributed by atoms with Crippen molar-refractivity contribution in [2.45, 2.75) is 63.6 Å². The zero-order valence-corrected chi connectivity index (χ0v) is 28.7. The van der Waals surface area contributed by atoms with Gasteiger partial charge in [-0.3, -0.25) is 14.3 Å². The van der Waals surface area contributed by atoms with Gasteiger partial charge in [-0.1, -0.05) is 6.07 Å². The molecule has 0 bridgehead atoms. The number of carbonyl (C=O) groups excluding carboxylic acids is 1. The second-order valence-corrected chi connectivity index (χ2v) is 14.1. The lowest BCUT2D eigenvalue weighted by Crippen LogP contribution is -2.23. The Bertz CT molecular complexity index is 2170. The smallest absolute Gasteiger partial charge is 0.416 e.